The lowest BCUT2D eigenvalue weighted by atomic mass is 10.1. The third-order valence-corrected chi connectivity index (χ3v) is 4.66. The molecule has 2 aromatic rings. The maximum absolute atomic E-state index is 12.4. The van der Waals surface area contributed by atoms with E-state index in [2.05, 4.69) is 4.90 Å². The zero-order chi connectivity index (χ0) is 18.4. The Morgan fingerprint density at radius 3 is 2.46 bits per heavy atom. The van der Waals surface area contributed by atoms with E-state index in [9.17, 15) is 9.59 Å². The zero-order valence-corrected chi connectivity index (χ0v) is 15.1. The SMILES string of the molecule is Cc1cc(C=O)ccc1N1CCN(C(=O)CCOc2ccccc2)CC1. The number of hydrogen-bond acceptors (Lipinski definition) is 4. The van der Waals surface area contributed by atoms with E-state index in [1.54, 1.807) is 0 Å². The van der Waals surface area contributed by atoms with Crippen molar-refractivity contribution in [3.05, 3.63) is 59.7 Å². The summed E-state index contributed by atoms with van der Waals surface area (Å²) in [4.78, 5) is 27.4. The molecule has 0 aromatic heterocycles. The van der Waals surface area contributed by atoms with Gasteiger partial charge in [-0.05, 0) is 42.8 Å². The number of nitrogens with zero attached hydrogens (tertiary/aromatic N) is 2. The van der Waals surface area contributed by atoms with Crippen LogP contribution >= 0.6 is 0 Å². The number of ether oxygens (including phenoxy) is 1. The van der Waals surface area contributed by atoms with E-state index in [4.69, 9.17) is 4.74 Å². The van der Waals surface area contributed by atoms with Crippen LogP contribution in [0.1, 0.15) is 22.3 Å². The molecule has 0 spiro atoms. The topological polar surface area (TPSA) is 49.9 Å². The van der Waals surface area contributed by atoms with Crippen LogP contribution in [-0.4, -0.2) is 49.9 Å². The second-order valence-corrected chi connectivity index (χ2v) is 6.44. The third kappa shape index (κ3) is 4.42. The van der Waals surface area contributed by atoms with Crippen molar-refractivity contribution in [3.63, 3.8) is 0 Å². The molecule has 1 aliphatic rings. The van der Waals surface area contributed by atoms with Gasteiger partial charge in [0.05, 0.1) is 13.0 Å². The molecule has 0 N–H and O–H groups in total. The van der Waals surface area contributed by atoms with Crippen LogP contribution < -0.4 is 9.64 Å². The fourth-order valence-electron chi connectivity index (χ4n) is 3.23. The number of rotatable bonds is 6. The van der Waals surface area contributed by atoms with E-state index in [0.717, 1.165) is 36.4 Å². The van der Waals surface area contributed by atoms with Gasteiger partial charge in [-0.1, -0.05) is 18.2 Å². The molecule has 0 saturated carbocycles. The lowest BCUT2D eigenvalue weighted by Crippen LogP contribution is -2.49. The molecule has 1 saturated heterocycles. The van der Waals surface area contributed by atoms with Gasteiger partial charge in [0.2, 0.25) is 5.91 Å². The molecule has 1 heterocycles. The Labute approximate surface area is 154 Å². The van der Waals surface area contributed by atoms with E-state index >= 15 is 0 Å². The van der Waals surface area contributed by atoms with Gasteiger partial charge < -0.3 is 14.5 Å². The van der Waals surface area contributed by atoms with Gasteiger partial charge in [-0.3, -0.25) is 9.59 Å². The number of hydrogen-bond donors (Lipinski definition) is 0. The molecule has 5 nitrogen and oxygen atoms in total. The Kier molecular flexibility index (Phi) is 5.89. The molecule has 1 amide bonds. The Hall–Kier alpha value is -2.82. The Balaban J connectivity index is 1.47. The lowest BCUT2D eigenvalue weighted by Gasteiger charge is -2.37. The predicted octanol–water partition coefficient (Wildman–Crippen LogP) is 2.93. The van der Waals surface area contributed by atoms with Crippen LogP contribution in [0.15, 0.2) is 48.5 Å². The molecule has 5 heteroatoms. The Bertz CT molecular complexity index is 753. The molecule has 2 aromatic carbocycles. The summed E-state index contributed by atoms with van der Waals surface area (Å²) < 4.78 is 5.61. The van der Waals surface area contributed by atoms with Crippen LogP contribution in [0.3, 0.4) is 0 Å². The lowest BCUT2D eigenvalue weighted by molar-refractivity contribution is -0.132. The van der Waals surface area contributed by atoms with E-state index in [-0.39, 0.29) is 5.91 Å². The maximum Gasteiger partial charge on any atom is 0.226 e. The minimum absolute atomic E-state index is 0.133. The van der Waals surface area contributed by atoms with Crippen LogP contribution in [0.5, 0.6) is 5.75 Å². The van der Waals surface area contributed by atoms with E-state index in [1.807, 2.05) is 60.4 Å². The number of carbonyl (C=O) groups is 2. The minimum Gasteiger partial charge on any atom is -0.493 e. The van der Waals surface area contributed by atoms with Crippen molar-refractivity contribution in [3.8, 4) is 5.75 Å². The van der Waals surface area contributed by atoms with Crippen molar-refractivity contribution in [1.82, 2.24) is 4.90 Å². The number of piperazine rings is 1. The fourth-order valence-corrected chi connectivity index (χ4v) is 3.23. The average molecular weight is 352 g/mol. The number of aldehydes is 1. The number of aryl methyl sites for hydroxylation is 1. The number of para-hydroxylation sites is 1. The highest BCUT2D eigenvalue weighted by Crippen LogP contribution is 2.22. The van der Waals surface area contributed by atoms with Crippen LogP contribution in [0.4, 0.5) is 5.69 Å². The average Bonchev–Trinajstić information content (AvgIpc) is 2.69. The van der Waals surface area contributed by atoms with Gasteiger partial charge >= 0.3 is 0 Å². The van der Waals surface area contributed by atoms with Gasteiger partial charge in [0, 0.05) is 37.4 Å². The third-order valence-electron chi connectivity index (χ3n) is 4.66. The number of anilines is 1. The summed E-state index contributed by atoms with van der Waals surface area (Å²) in [5, 5.41) is 0. The quantitative estimate of drug-likeness (QED) is 0.750. The molecular weight excluding hydrogens is 328 g/mol. The largest absolute Gasteiger partial charge is 0.493 e. The maximum atomic E-state index is 12.4. The van der Waals surface area contributed by atoms with Crippen molar-refractivity contribution in [2.45, 2.75) is 13.3 Å². The first-order valence-electron chi connectivity index (χ1n) is 8.94. The monoisotopic (exact) mass is 352 g/mol. The molecule has 3 rings (SSSR count). The van der Waals surface area contributed by atoms with Gasteiger partial charge in [-0.15, -0.1) is 0 Å². The summed E-state index contributed by atoms with van der Waals surface area (Å²) >= 11 is 0. The van der Waals surface area contributed by atoms with Crippen LogP contribution in [0, 0.1) is 6.92 Å². The highest BCUT2D eigenvalue weighted by molar-refractivity contribution is 5.78. The zero-order valence-electron chi connectivity index (χ0n) is 15.1. The highest BCUT2D eigenvalue weighted by Gasteiger charge is 2.22. The smallest absolute Gasteiger partial charge is 0.226 e. The summed E-state index contributed by atoms with van der Waals surface area (Å²) in [6, 6.07) is 15.3. The Morgan fingerprint density at radius 2 is 1.81 bits per heavy atom. The summed E-state index contributed by atoms with van der Waals surface area (Å²) in [6.45, 7) is 5.42. The molecule has 26 heavy (non-hydrogen) atoms. The number of benzene rings is 2. The number of amides is 1. The number of carbonyl (C=O) groups excluding carboxylic acids is 2. The van der Waals surface area contributed by atoms with E-state index < -0.39 is 0 Å². The fraction of sp³-hybridized carbons (Fsp3) is 0.333. The van der Waals surface area contributed by atoms with Crippen molar-refractivity contribution < 1.29 is 14.3 Å². The highest BCUT2D eigenvalue weighted by atomic mass is 16.5. The molecule has 0 atom stereocenters. The molecule has 1 fully saturated rings. The summed E-state index contributed by atoms with van der Waals surface area (Å²) in [5.41, 5.74) is 2.92. The molecule has 1 aliphatic heterocycles. The Morgan fingerprint density at radius 1 is 1.08 bits per heavy atom. The molecule has 0 bridgehead atoms. The van der Waals surface area contributed by atoms with Gasteiger partial charge in [-0.25, -0.2) is 0 Å². The summed E-state index contributed by atoms with van der Waals surface area (Å²) in [7, 11) is 0. The van der Waals surface area contributed by atoms with Gasteiger partial charge in [0.25, 0.3) is 0 Å². The van der Waals surface area contributed by atoms with Gasteiger partial charge in [0.1, 0.15) is 12.0 Å². The second kappa shape index (κ2) is 8.52. The minimum atomic E-state index is 0.133. The molecule has 0 unspecified atom stereocenters. The van der Waals surface area contributed by atoms with Crippen LogP contribution in [-0.2, 0) is 4.79 Å². The van der Waals surface area contributed by atoms with Gasteiger partial charge in [0.15, 0.2) is 0 Å². The van der Waals surface area contributed by atoms with Gasteiger partial charge in [-0.2, -0.15) is 0 Å². The summed E-state index contributed by atoms with van der Waals surface area (Å²) in [6.07, 6.45) is 1.26. The molecule has 0 aliphatic carbocycles. The van der Waals surface area contributed by atoms with Crippen molar-refractivity contribution in [2.75, 3.05) is 37.7 Å². The van der Waals surface area contributed by atoms with E-state index in [0.29, 0.717) is 31.7 Å². The van der Waals surface area contributed by atoms with Crippen LogP contribution in [0.2, 0.25) is 0 Å². The van der Waals surface area contributed by atoms with Crippen LogP contribution in [0.25, 0.3) is 0 Å². The molecule has 136 valence electrons. The van der Waals surface area contributed by atoms with Crippen molar-refractivity contribution in [1.29, 1.82) is 0 Å². The van der Waals surface area contributed by atoms with Crippen molar-refractivity contribution in [2.24, 2.45) is 0 Å². The first kappa shape index (κ1) is 18.0. The normalized spacial score (nSPS) is 14.2. The predicted molar refractivity (Wildman–Crippen MR) is 102 cm³/mol. The first-order chi connectivity index (χ1) is 12.7. The standard InChI is InChI=1S/C21H24N2O3/c1-17-15-18(16-24)7-8-20(17)22-10-12-23(13-11-22)21(25)9-14-26-19-5-3-2-4-6-19/h2-8,15-16H,9-14H2,1H3. The first-order valence-corrected chi connectivity index (χ1v) is 8.94. The second-order valence-electron chi connectivity index (χ2n) is 6.44. The molecular formula is C21H24N2O3. The van der Waals surface area contributed by atoms with Crippen molar-refractivity contribution >= 4 is 17.9 Å². The van der Waals surface area contributed by atoms with E-state index in [1.165, 1.54) is 0 Å². The summed E-state index contributed by atoms with van der Waals surface area (Å²) in [5.74, 6) is 0.924. The molecule has 0 radical (unpaired) electrons.